The van der Waals surface area contributed by atoms with Crippen molar-refractivity contribution in [1.82, 2.24) is 5.32 Å². The lowest BCUT2D eigenvalue weighted by atomic mass is 10.1. The first-order valence-corrected chi connectivity index (χ1v) is 9.82. The van der Waals surface area contributed by atoms with Crippen LogP contribution in [-0.2, 0) is 17.9 Å². The summed E-state index contributed by atoms with van der Waals surface area (Å²) in [4.78, 5) is 0. The summed E-state index contributed by atoms with van der Waals surface area (Å²) in [6.07, 6.45) is 2.65. The Morgan fingerprint density at radius 1 is 1.19 bits per heavy atom. The van der Waals surface area contributed by atoms with Crippen molar-refractivity contribution in [3.63, 3.8) is 0 Å². The Morgan fingerprint density at radius 2 is 2.00 bits per heavy atom. The third-order valence-electron chi connectivity index (χ3n) is 4.56. The highest BCUT2D eigenvalue weighted by Crippen LogP contribution is 2.34. The second-order valence-electron chi connectivity index (χ2n) is 6.63. The molecule has 0 radical (unpaired) electrons. The number of ether oxygens (including phenoxy) is 3. The number of nitrogens with one attached hydrogen (secondary N) is 1. The van der Waals surface area contributed by atoms with Gasteiger partial charge in [0, 0.05) is 24.2 Å². The van der Waals surface area contributed by atoms with E-state index in [4.69, 9.17) is 14.2 Å². The van der Waals surface area contributed by atoms with E-state index in [0.717, 1.165) is 59.6 Å². The average molecular weight is 420 g/mol. The highest BCUT2D eigenvalue weighted by Gasteiger charge is 2.15. The number of methoxy groups -OCH3 is 1. The molecular formula is C21H26BrNO3. The van der Waals surface area contributed by atoms with Crippen molar-refractivity contribution < 1.29 is 14.2 Å². The smallest absolute Gasteiger partial charge is 0.162 e. The Bertz CT molecular complexity index is 712. The molecule has 2 aromatic carbocycles. The Morgan fingerprint density at radius 3 is 2.69 bits per heavy atom. The van der Waals surface area contributed by atoms with Crippen molar-refractivity contribution in [2.24, 2.45) is 0 Å². The number of rotatable bonds is 8. The van der Waals surface area contributed by atoms with Gasteiger partial charge in [-0.25, -0.2) is 0 Å². The molecule has 0 aliphatic carbocycles. The van der Waals surface area contributed by atoms with Crippen molar-refractivity contribution in [2.45, 2.75) is 39.0 Å². The Hall–Kier alpha value is -1.56. The molecule has 1 aliphatic rings. The lowest BCUT2D eigenvalue weighted by molar-refractivity contribution is 0.110. The molecule has 1 aliphatic heterocycles. The van der Waals surface area contributed by atoms with E-state index in [1.54, 1.807) is 7.11 Å². The zero-order valence-corrected chi connectivity index (χ0v) is 17.0. The standard InChI is InChI=1S/C21H26BrNO3/c1-15-5-7-16(8-6-15)14-26-21-11-19(22)17(10-20(21)24-2)12-23-13-18-4-3-9-25-18/h5-8,10-11,18,23H,3-4,9,12-14H2,1-2H3. The van der Waals surface area contributed by atoms with Crippen LogP contribution in [0.4, 0.5) is 0 Å². The fourth-order valence-corrected chi connectivity index (χ4v) is 3.47. The zero-order chi connectivity index (χ0) is 18.4. The van der Waals surface area contributed by atoms with Crippen LogP contribution in [0.1, 0.15) is 29.5 Å². The molecule has 1 unspecified atom stereocenters. The van der Waals surface area contributed by atoms with Gasteiger partial charge in [0.05, 0.1) is 13.2 Å². The summed E-state index contributed by atoms with van der Waals surface area (Å²) >= 11 is 3.65. The second kappa shape index (κ2) is 9.40. The van der Waals surface area contributed by atoms with Crippen LogP contribution in [0.15, 0.2) is 40.9 Å². The first-order valence-electron chi connectivity index (χ1n) is 9.03. The van der Waals surface area contributed by atoms with Crippen molar-refractivity contribution in [1.29, 1.82) is 0 Å². The summed E-state index contributed by atoms with van der Waals surface area (Å²) in [5, 5.41) is 3.47. The largest absolute Gasteiger partial charge is 0.493 e. The summed E-state index contributed by atoms with van der Waals surface area (Å²) in [5.41, 5.74) is 3.52. The van der Waals surface area contributed by atoms with Gasteiger partial charge in [0.2, 0.25) is 0 Å². The normalized spacial score (nSPS) is 16.7. The second-order valence-corrected chi connectivity index (χ2v) is 7.49. The molecule has 0 saturated carbocycles. The third-order valence-corrected chi connectivity index (χ3v) is 5.30. The molecule has 0 aromatic heterocycles. The van der Waals surface area contributed by atoms with Gasteiger partial charge in [-0.1, -0.05) is 45.8 Å². The minimum Gasteiger partial charge on any atom is -0.493 e. The Labute approximate surface area is 164 Å². The maximum absolute atomic E-state index is 5.98. The van der Waals surface area contributed by atoms with Crippen molar-refractivity contribution in [2.75, 3.05) is 20.3 Å². The van der Waals surface area contributed by atoms with E-state index in [1.807, 2.05) is 12.1 Å². The molecule has 0 spiro atoms. The predicted octanol–water partition coefficient (Wildman–Crippen LogP) is 4.61. The first-order chi connectivity index (χ1) is 12.7. The summed E-state index contributed by atoms with van der Waals surface area (Å²) in [6.45, 7) is 5.11. The van der Waals surface area contributed by atoms with Gasteiger partial charge in [-0.15, -0.1) is 0 Å². The SMILES string of the molecule is COc1cc(CNCC2CCCO2)c(Br)cc1OCc1ccc(C)cc1. The highest BCUT2D eigenvalue weighted by atomic mass is 79.9. The van der Waals surface area contributed by atoms with Crippen LogP contribution < -0.4 is 14.8 Å². The van der Waals surface area contributed by atoms with E-state index < -0.39 is 0 Å². The first kappa shape index (κ1) is 19.2. The zero-order valence-electron chi connectivity index (χ0n) is 15.4. The molecule has 1 fully saturated rings. The van der Waals surface area contributed by atoms with Crippen molar-refractivity contribution in [3.05, 3.63) is 57.6 Å². The van der Waals surface area contributed by atoms with Crippen LogP contribution >= 0.6 is 15.9 Å². The molecule has 0 bridgehead atoms. The number of benzene rings is 2. The molecule has 1 N–H and O–H groups in total. The monoisotopic (exact) mass is 419 g/mol. The van der Waals surface area contributed by atoms with Gasteiger partial charge >= 0.3 is 0 Å². The maximum atomic E-state index is 5.98. The molecule has 0 amide bonds. The van der Waals surface area contributed by atoms with Crippen LogP contribution in [0.2, 0.25) is 0 Å². The summed E-state index contributed by atoms with van der Waals surface area (Å²) in [6, 6.07) is 12.4. The lowest BCUT2D eigenvalue weighted by Crippen LogP contribution is -2.25. The van der Waals surface area contributed by atoms with Crippen LogP contribution in [0.5, 0.6) is 11.5 Å². The van der Waals surface area contributed by atoms with Crippen LogP contribution in [0.3, 0.4) is 0 Å². The number of hydrogen-bond donors (Lipinski definition) is 1. The number of aryl methyl sites for hydroxylation is 1. The van der Waals surface area contributed by atoms with Crippen LogP contribution in [-0.4, -0.2) is 26.4 Å². The molecule has 5 heteroatoms. The van der Waals surface area contributed by atoms with E-state index >= 15 is 0 Å². The van der Waals surface area contributed by atoms with Crippen LogP contribution in [0, 0.1) is 6.92 Å². The quantitative estimate of drug-likeness (QED) is 0.677. The Balaban J connectivity index is 1.61. The van der Waals surface area contributed by atoms with Crippen molar-refractivity contribution >= 4 is 15.9 Å². The van der Waals surface area contributed by atoms with E-state index in [9.17, 15) is 0 Å². The Kier molecular flexibility index (Phi) is 6.94. The average Bonchev–Trinajstić information content (AvgIpc) is 3.16. The van der Waals surface area contributed by atoms with Gasteiger partial charge in [0.15, 0.2) is 11.5 Å². The van der Waals surface area contributed by atoms with Crippen LogP contribution in [0.25, 0.3) is 0 Å². The molecule has 4 nitrogen and oxygen atoms in total. The fraction of sp³-hybridized carbons (Fsp3) is 0.429. The molecule has 1 atom stereocenters. The van der Waals surface area contributed by atoms with E-state index in [2.05, 4.69) is 52.4 Å². The molecule has 26 heavy (non-hydrogen) atoms. The van der Waals surface area contributed by atoms with E-state index in [0.29, 0.717) is 12.7 Å². The topological polar surface area (TPSA) is 39.7 Å². The van der Waals surface area contributed by atoms with Gasteiger partial charge in [-0.2, -0.15) is 0 Å². The number of halogens is 1. The molecular weight excluding hydrogens is 394 g/mol. The van der Waals surface area contributed by atoms with Gasteiger partial charge in [0.25, 0.3) is 0 Å². The third kappa shape index (κ3) is 5.22. The molecule has 140 valence electrons. The van der Waals surface area contributed by atoms with Gasteiger partial charge in [-0.05, 0) is 43.0 Å². The minimum absolute atomic E-state index is 0.341. The number of hydrogen-bond acceptors (Lipinski definition) is 4. The summed E-state index contributed by atoms with van der Waals surface area (Å²) in [5.74, 6) is 1.48. The maximum Gasteiger partial charge on any atom is 0.162 e. The summed E-state index contributed by atoms with van der Waals surface area (Å²) < 4.78 is 18.2. The molecule has 1 heterocycles. The molecule has 2 aromatic rings. The minimum atomic E-state index is 0.341. The molecule has 1 saturated heterocycles. The van der Waals surface area contributed by atoms with E-state index in [-0.39, 0.29) is 0 Å². The van der Waals surface area contributed by atoms with Crippen molar-refractivity contribution in [3.8, 4) is 11.5 Å². The predicted molar refractivity (Wildman–Crippen MR) is 107 cm³/mol. The van der Waals surface area contributed by atoms with E-state index in [1.165, 1.54) is 5.56 Å². The summed E-state index contributed by atoms with van der Waals surface area (Å²) in [7, 11) is 1.67. The van der Waals surface area contributed by atoms with Gasteiger partial charge < -0.3 is 19.5 Å². The van der Waals surface area contributed by atoms with Gasteiger partial charge in [0.1, 0.15) is 6.61 Å². The fourth-order valence-electron chi connectivity index (χ4n) is 3.00. The molecule has 3 rings (SSSR count). The van der Waals surface area contributed by atoms with Gasteiger partial charge in [-0.3, -0.25) is 0 Å². The highest BCUT2D eigenvalue weighted by molar-refractivity contribution is 9.10. The lowest BCUT2D eigenvalue weighted by Gasteiger charge is -2.15.